The molecule has 3 rings (SSSR count). The number of fused-ring (bicyclic) bond motifs is 3. The standard InChI is InChI=1S/C13H12ClN3O2S/c1-20(18,19)13-16-7-8-4-5-15-11-6-9(14)2-3-10(11)12(8)17-13/h2-3,6-7,15H,4-5H2,1H3. The summed E-state index contributed by atoms with van der Waals surface area (Å²) in [5.41, 5.74) is 3.27. The highest BCUT2D eigenvalue weighted by molar-refractivity contribution is 7.90. The van der Waals surface area contributed by atoms with E-state index < -0.39 is 9.84 Å². The van der Waals surface area contributed by atoms with Crippen molar-refractivity contribution in [1.29, 1.82) is 0 Å². The minimum atomic E-state index is -3.43. The zero-order valence-electron chi connectivity index (χ0n) is 10.7. The molecule has 1 aliphatic rings. The predicted octanol–water partition coefficient (Wildman–Crippen LogP) is 2.17. The van der Waals surface area contributed by atoms with E-state index in [4.69, 9.17) is 11.6 Å². The maximum atomic E-state index is 11.6. The van der Waals surface area contributed by atoms with Crippen molar-refractivity contribution in [2.45, 2.75) is 11.6 Å². The van der Waals surface area contributed by atoms with Crippen LogP contribution >= 0.6 is 11.6 Å². The number of halogens is 1. The van der Waals surface area contributed by atoms with Crippen molar-refractivity contribution in [2.75, 3.05) is 18.1 Å². The molecule has 20 heavy (non-hydrogen) atoms. The molecule has 0 saturated heterocycles. The maximum Gasteiger partial charge on any atom is 0.247 e. The maximum absolute atomic E-state index is 11.6. The van der Waals surface area contributed by atoms with Crippen LogP contribution in [0, 0.1) is 0 Å². The predicted molar refractivity (Wildman–Crippen MR) is 77.8 cm³/mol. The number of aromatic nitrogens is 2. The van der Waals surface area contributed by atoms with Crippen molar-refractivity contribution >= 4 is 27.1 Å². The monoisotopic (exact) mass is 309 g/mol. The van der Waals surface area contributed by atoms with E-state index in [1.165, 1.54) is 0 Å². The van der Waals surface area contributed by atoms with Gasteiger partial charge in [0, 0.05) is 35.3 Å². The Labute approximate surface area is 121 Å². The number of hydrogen-bond donors (Lipinski definition) is 1. The van der Waals surface area contributed by atoms with Crippen molar-refractivity contribution in [1.82, 2.24) is 9.97 Å². The first kappa shape index (κ1) is 13.3. The summed E-state index contributed by atoms with van der Waals surface area (Å²) in [6.07, 6.45) is 3.42. The van der Waals surface area contributed by atoms with Crippen LogP contribution < -0.4 is 5.32 Å². The number of anilines is 1. The van der Waals surface area contributed by atoms with E-state index in [0.717, 1.165) is 36.0 Å². The Bertz CT molecular complexity index is 790. The average molecular weight is 310 g/mol. The zero-order valence-corrected chi connectivity index (χ0v) is 12.3. The molecule has 104 valence electrons. The van der Waals surface area contributed by atoms with Gasteiger partial charge in [-0.2, -0.15) is 0 Å². The molecule has 0 unspecified atom stereocenters. The van der Waals surface area contributed by atoms with Gasteiger partial charge < -0.3 is 5.32 Å². The van der Waals surface area contributed by atoms with Gasteiger partial charge >= 0.3 is 0 Å². The molecule has 0 spiro atoms. The van der Waals surface area contributed by atoms with Crippen LogP contribution in [-0.4, -0.2) is 31.2 Å². The normalized spacial score (nSPS) is 13.9. The number of hydrogen-bond acceptors (Lipinski definition) is 5. The lowest BCUT2D eigenvalue weighted by Crippen LogP contribution is -2.07. The average Bonchev–Trinajstić information content (AvgIpc) is 2.55. The van der Waals surface area contributed by atoms with Crippen molar-refractivity contribution in [3.05, 3.63) is 35.0 Å². The van der Waals surface area contributed by atoms with Gasteiger partial charge in [-0.15, -0.1) is 0 Å². The van der Waals surface area contributed by atoms with Crippen molar-refractivity contribution in [3.63, 3.8) is 0 Å². The largest absolute Gasteiger partial charge is 0.384 e. The lowest BCUT2D eigenvalue weighted by atomic mass is 10.1. The zero-order chi connectivity index (χ0) is 14.3. The van der Waals surface area contributed by atoms with Gasteiger partial charge in [-0.3, -0.25) is 0 Å². The Balaban J connectivity index is 2.26. The highest BCUT2D eigenvalue weighted by Crippen LogP contribution is 2.34. The second-order valence-corrected chi connectivity index (χ2v) is 7.01. The van der Waals surface area contributed by atoms with Crippen LogP contribution in [0.5, 0.6) is 0 Å². The Morgan fingerprint density at radius 3 is 2.90 bits per heavy atom. The summed E-state index contributed by atoms with van der Waals surface area (Å²) >= 11 is 5.99. The molecule has 5 nitrogen and oxygen atoms in total. The number of nitrogens with zero attached hydrogens (tertiary/aromatic N) is 2. The van der Waals surface area contributed by atoms with Gasteiger partial charge in [0.25, 0.3) is 0 Å². The number of sulfone groups is 1. The molecule has 2 heterocycles. The minimum absolute atomic E-state index is 0.154. The fraction of sp³-hybridized carbons (Fsp3) is 0.231. The van der Waals surface area contributed by atoms with E-state index in [1.54, 1.807) is 12.3 Å². The van der Waals surface area contributed by atoms with Gasteiger partial charge in [0.1, 0.15) is 0 Å². The third kappa shape index (κ3) is 2.36. The summed E-state index contributed by atoms with van der Waals surface area (Å²) in [4.78, 5) is 8.18. The summed E-state index contributed by atoms with van der Waals surface area (Å²) in [6, 6.07) is 5.42. The van der Waals surface area contributed by atoms with Crippen LogP contribution in [0.15, 0.2) is 29.6 Å². The third-order valence-corrected chi connectivity index (χ3v) is 4.22. The summed E-state index contributed by atoms with van der Waals surface area (Å²) in [6.45, 7) is 0.724. The smallest absolute Gasteiger partial charge is 0.247 e. The fourth-order valence-corrected chi connectivity index (χ4v) is 2.86. The molecule has 0 bridgehead atoms. The number of rotatable bonds is 1. The first-order chi connectivity index (χ1) is 9.45. The molecule has 0 radical (unpaired) electrons. The molecule has 2 aromatic rings. The van der Waals surface area contributed by atoms with E-state index in [-0.39, 0.29) is 5.16 Å². The molecule has 1 aromatic carbocycles. The lowest BCUT2D eigenvalue weighted by molar-refractivity contribution is 0.593. The molecular weight excluding hydrogens is 298 g/mol. The van der Waals surface area contributed by atoms with Gasteiger partial charge in [0.15, 0.2) is 0 Å². The summed E-state index contributed by atoms with van der Waals surface area (Å²) in [7, 11) is -3.43. The Kier molecular flexibility index (Phi) is 3.14. The summed E-state index contributed by atoms with van der Waals surface area (Å²) in [5, 5.41) is 3.74. The third-order valence-electron chi connectivity index (χ3n) is 3.12. The second kappa shape index (κ2) is 4.71. The van der Waals surface area contributed by atoms with E-state index in [1.807, 2.05) is 12.1 Å². The quantitative estimate of drug-likeness (QED) is 0.817. The molecule has 0 atom stereocenters. The molecule has 7 heteroatoms. The van der Waals surface area contributed by atoms with Gasteiger partial charge in [-0.1, -0.05) is 11.6 Å². The van der Waals surface area contributed by atoms with Crippen molar-refractivity contribution in [2.24, 2.45) is 0 Å². The van der Waals surface area contributed by atoms with Gasteiger partial charge in [-0.05, 0) is 30.2 Å². The van der Waals surface area contributed by atoms with Crippen LogP contribution in [0.1, 0.15) is 5.56 Å². The van der Waals surface area contributed by atoms with Gasteiger partial charge in [0.05, 0.1) is 5.69 Å². The molecule has 0 aliphatic carbocycles. The van der Waals surface area contributed by atoms with Crippen LogP contribution in [0.25, 0.3) is 11.3 Å². The SMILES string of the molecule is CS(=O)(=O)c1ncc2c(n1)-c1ccc(Cl)cc1NCC2. The van der Waals surface area contributed by atoms with Gasteiger partial charge in [-0.25, -0.2) is 18.4 Å². The van der Waals surface area contributed by atoms with Crippen LogP contribution in [0.4, 0.5) is 5.69 Å². The van der Waals surface area contributed by atoms with E-state index >= 15 is 0 Å². The highest BCUT2D eigenvalue weighted by Gasteiger charge is 2.20. The highest BCUT2D eigenvalue weighted by atomic mass is 35.5. The van der Waals surface area contributed by atoms with Crippen LogP contribution in [0.2, 0.25) is 5.02 Å². The first-order valence-electron chi connectivity index (χ1n) is 6.05. The molecule has 1 aliphatic heterocycles. The summed E-state index contributed by atoms with van der Waals surface area (Å²) < 4.78 is 23.2. The number of nitrogens with one attached hydrogen (secondary N) is 1. The van der Waals surface area contributed by atoms with Crippen molar-refractivity contribution < 1.29 is 8.42 Å². The summed E-state index contributed by atoms with van der Waals surface area (Å²) in [5.74, 6) is 0. The Morgan fingerprint density at radius 1 is 1.35 bits per heavy atom. The first-order valence-corrected chi connectivity index (χ1v) is 8.32. The Hall–Kier alpha value is -1.66. The lowest BCUT2D eigenvalue weighted by Gasteiger charge is -2.09. The van der Waals surface area contributed by atoms with E-state index in [9.17, 15) is 8.42 Å². The molecule has 0 fully saturated rings. The minimum Gasteiger partial charge on any atom is -0.384 e. The molecule has 1 N–H and O–H groups in total. The van der Waals surface area contributed by atoms with E-state index in [0.29, 0.717) is 10.7 Å². The van der Waals surface area contributed by atoms with Crippen LogP contribution in [0.3, 0.4) is 0 Å². The van der Waals surface area contributed by atoms with E-state index in [2.05, 4.69) is 15.3 Å². The molecule has 0 saturated carbocycles. The molecular formula is C13H12ClN3O2S. The molecule has 0 amide bonds. The Morgan fingerprint density at radius 2 is 2.15 bits per heavy atom. The topological polar surface area (TPSA) is 72.0 Å². The molecule has 1 aromatic heterocycles. The van der Waals surface area contributed by atoms with Crippen LogP contribution in [-0.2, 0) is 16.3 Å². The number of benzene rings is 1. The van der Waals surface area contributed by atoms with Crippen molar-refractivity contribution in [3.8, 4) is 11.3 Å². The second-order valence-electron chi connectivity index (χ2n) is 4.67. The fourth-order valence-electron chi connectivity index (χ4n) is 2.19. The van der Waals surface area contributed by atoms with Gasteiger partial charge in [0.2, 0.25) is 15.0 Å².